The van der Waals surface area contributed by atoms with Gasteiger partial charge >= 0.3 is 0 Å². The first kappa shape index (κ1) is 19.3. The van der Waals surface area contributed by atoms with Crippen molar-refractivity contribution >= 4 is 11.1 Å². The van der Waals surface area contributed by atoms with Crippen LogP contribution in [0.2, 0.25) is 0 Å². The number of ether oxygens (including phenoxy) is 1. The molecule has 0 saturated carbocycles. The molecule has 3 heteroatoms. The van der Waals surface area contributed by atoms with Crippen LogP contribution in [0.5, 0.6) is 11.5 Å². The average molecular weight is 386 g/mol. The minimum atomic E-state index is 0.287. The fraction of sp³-hybridized carbons (Fsp3) is 0.231. The maximum absolute atomic E-state index is 9.75. The number of nitrogens with zero attached hydrogens (tertiary/aromatic N) is 1. The van der Waals surface area contributed by atoms with Crippen molar-refractivity contribution in [2.75, 3.05) is 27.2 Å². The minimum absolute atomic E-state index is 0.287. The highest BCUT2D eigenvalue weighted by atomic mass is 16.5. The van der Waals surface area contributed by atoms with Gasteiger partial charge in [0, 0.05) is 6.54 Å². The minimum Gasteiger partial charge on any atom is -0.508 e. The third kappa shape index (κ3) is 4.36. The Hall–Kier alpha value is -3.04. The monoisotopic (exact) mass is 385 g/mol. The average Bonchev–Trinajstić information content (AvgIpc) is 3.14. The van der Waals surface area contributed by atoms with Gasteiger partial charge in [-0.15, -0.1) is 0 Å². The standard InChI is InChI=1S/C26H27NO2/c1-27(2)17-18-29-23-14-9-21(10-15-23)26(20-7-12-22(28)13-8-20)25-16-11-19-5-3-4-6-24(19)25/h3-10,12-15,28H,11,16-18H2,1-2H3. The second-order valence-electron chi connectivity index (χ2n) is 7.73. The number of allylic oxidation sites excluding steroid dienone is 1. The molecular formula is C26H27NO2. The van der Waals surface area contributed by atoms with E-state index in [0.29, 0.717) is 6.61 Å². The van der Waals surface area contributed by atoms with Crippen molar-refractivity contribution in [3.63, 3.8) is 0 Å². The van der Waals surface area contributed by atoms with Crippen molar-refractivity contribution in [1.29, 1.82) is 0 Å². The molecule has 3 nitrogen and oxygen atoms in total. The third-order valence-electron chi connectivity index (χ3n) is 5.39. The lowest BCUT2D eigenvalue weighted by molar-refractivity contribution is 0.261. The summed E-state index contributed by atoms with van der Waals surface area (Å²) in [6, 6.07) is 24.6. The Bertz CT molecular complexity index is 1000. The lowest BCUT2D eigenvalue weighted by Crippen LogP contribution is -2.19. The van der Waals surface area contributed by atoms with E-state index in [9.17, 15) is 5.11 Å². The van der Waals surface area contributed by atoms with Crippen LogP contribution in [0.3, 0.4) is 0 Å². The zero-order valence-electron chi connectivity index (χ0n) is 17.1. The highest BCUT2D eigenvalue weighted by Crippen LogP contribution is 2.41. The predicted octanol–water partition coefficient (Wildman–Crippen LogP) is 5.24. The number of aryl methyl sites for hydroxylation is 1. The summed E-state index contributed by atoms with van der Waals surface area (Å²) in [6.45, 7) is 1.56. The van der Waals surface area contributed by atoms with Gasteiger partial charge in [-0.2, -0.15) is 0 Å². The summed E-state index contributed by atoms with van der Waals surface area (Å²) < 4.78 is 5.86. The fourth-order valence-electron chi connectivity index (χ4n) is 3.89. The molecule has 3 aromatic carbocycles. The van der Waals surface area contributed by atoms with Crippen LogP contribution in [0.1, 0.15) is 28.7 Å². The first-order chi connectivity index (χ1) is 14.1. The topological polar surface area (TPSA) is 32.7 Å². The van der Waals surface area contributed by atoms with Gasteiger partial charge in [-0.05, 0) is 84.6 Å². The number of hydrogen-bond acceptors (Lipinski definition) is 3. The molecule has 29 heavy (non-hydrogen) atoms. The second-order valence-corrected chi connectivity index (χ2v) is 7.73. The molecule has 0 aromatic heterocycles. The number of phenolic OH excluding ortho intramolecular Hbond substituents is 1. The summed E-state index contributed by atoms with van der Waals surface area (Å²) in [7, 11) is 4.09. The van der Waals surface area contributed by atoms with Crippen LogP contribution in [0.4, 0.5) is 0 Å². The summed E-state index contributed by atoms with van der Waals surface area (Å²) in [5.74, 6) is 1.17. The molecule has 4 rings (SSSR count). The SMILES string of the molecule is CN(C)CCOc1ccc(C(=C2CCc3ccccc32)c2ccc(O)cc2)cc1. The molecule has 0 atom stereocenters. The molecule has 1 N–H and O–H groups in total. The first-order valence-electron chi connectivity index (χ1n) is 10.1. The van der Waals surface area contributed by atoms with Gasteiger partial charge in [-0.25, -0.2) is 0 Å². The van der Waals surface area contributed by atoms with Crippen LogP contribution >= 0.6 is 0 Å². The molecule has 0 unspecified atom stereocenters. The van der Waals surface area contributed by atoms with Crippen LogP contribution in [-0.4, -0.2) is 37.3 Å². The molecule has 0 bridgehead atoms. The van der Waals surface area contributed by atoms with E-state index in [1.807, 2.05) is 38.4 Å². The number of aromatic hydroxyl groups is 1. The highest BCUT2D eigenvalue weighted by Gasteiger charge is 2.21. The molecule has 0 saturated heterocycles. The van der Waals surface area contributed by atoms with Gasteiger partial charge in [0.1, 0.15) is 18.1 Å². The first-order valence-corrected chi connectivity index (χ1v) is 10.1. The van der Waals surface area contributed by atoms with Crippen molar-refractivity contribution in [1.82, 2.24) is 4.90 Å². The van der Waals surface area contributed by atoms with Crippen LogP contribution in [0.15, 0.2) is 72.8 Å². The summed E-state index contributed by atoms with van der Waals surface area (Å²) in [6.07, 6.45) is 2.09. The lowest BCUT2D eigenvalue weighted by Gasteiger charge is -2.15. The normalized spacial score (nSPS) is 14.7. The van der Waals surface area contributed by atoms with E-state index in [4.69, 9.17) is 4.74 Å². The largest absolute Gasteiger partial charge is 0.508 e. The maximum Gasteiger partial charge on any atom is 0.119 e. The van der Waals surface area contributed by atoms with Crippen LogP contribution in [0.25, 0.3) is 11.1 Å². The molecule has 0 fully saturated rings. The van der Waals surface area contributed by atoms with Crippen LogP contribution in [-0.2, 0) is 6.42 Å². The Morgan fingerprint density at radius 3 is 2.21 bits per heavy atom. The van der Waals surface area contributed by atoms with E-state index >= 15 is 0 Å². The number of hydrogen-bond donors (Lipinski definition) is 1. The second kappa shape index (κ2) is 8.54. The van der Waals surface area contributed by atoms with Gasteiger partial charge in [-0.1, -0.05) is 48.5 Å². The molecule has 0 spiro atoms. The zero-order valence-corrected chi connectivity index (χ0v) is 17.1. The van der Waals surface area contributed by atoms with Crippen molar-refractivity contribution < 1.29 is 9.84 Å². The van der Waals surface area contributed by atoms with Crippen molar-refractivity contribution in [2.24, 2.45) is 0 Å². The third-order valence-corrected chi connectivity index (χ3v) is 5.39. The Morgan fingerprint density at radius 1 is 0.862 bits per heavy atom. The Balaban J connectivity index is 1.72. The quantitative estimate of drug-likeness (QED) is 0.630. The van der Waals surface area contributed by atoms with E-state index in [2.05, 4.69) is 41.3 Å². The van der Waals surface area contributed by atoms with Crippen molar-refractivity contribution in [2.45, 2.75) is 12.8 Å². The molecule has 1 aliphatic carbocycles. The van der Waals surface area contributed by atoms with Gasteiger partial charge < -0.3 is 14.7 Å². The number of benzene rings is 3. The van der Waals surface area contributed by atoms with Crippen molar-refractivity contribution in [3.05, 3.63) is 95.1 Å². The van der Waals surface area contributed by atoms with E-state index in [1.54, 1.807) is 12.1 Å². The Morgan fingerprint density at radius 2 is 1.52 bits per heavy atom. The van der Waals surface area contributed by atoms with Crippen LogP contribution < -0.4 is 4.74 Å². The van der Waals surface area contributed by atoms with Gasteiger partial charge in [0.15, 0.2) is 0 Å². The lowest BCUT2D eigenvalue weighted by atomic mass is 9.90. The van der Waals surface area contributed by atoms with Gasteiger partial charge in [0.2, 0.25) is 0 Å². The molecule has 0 radical (unpaired) electrons. The van der Waals surface area contributed by atoms with Gasteiger partial charge in [-0.3, -0.25) is 0 Å². The van der Waals surface area contributed by atoms with Gasteiger partial charge in [0.05, 0.1) is 0 Å². The molecular weight excluding hydrogens is 358 g/mol. The Labute approximate surface area is 172 Å². The maximum atomic E-state index is 9.75. The molecule has 1 aliphatic rings. The van der Waals surface area contributed by atoms with Gasteiger partial charge in [0.25, 0.3) is 0 Å². The summed E-state index contributed by atoms with van der Waals surface area (Å²) in [5.41, 5.74) is 7.63. The zero-order chi connectivity index (χ0) is 20.2. The smallest absolute Gasteiger partial charge is 0.119 e. The molecule has 0 heterocycles. The summed E-state index contributed by atoms with van der Waals surface area (Å²) in [4.78, 5) is 2.11. The highest BCUT2D eigenvalue weighted by molar-refractivity contribution is 6.00. The van der Waals surface area contributed by atoms with E-state index in [0.717, 1.165) is 30.7 Å². The summed E-state index contributed by atoms with van der Waals surface area (Å²) >= 11 is 0. The summed E-state index contributed by atoms with van der Waals surface area (Å²) in [5, 5.41) is 9.75. The molecule has 148 valence electrons. The molecule has 3 aromatic rings. The predicted molar refractivity (Wildman–Crippen MR) is 119 cm³/mol. The van der Waals surface area contributed by atoms with Crippen molar-refractivity contribution in [3.8, 4) is 11.5 Å². The number of phenols is 1. The Kier molecular flexibility index (Phi) is 5.68. The fourth-order valence-corrected chi connectivity index (χ4v) is 3.89. The van der Waals surface area contributed by atoms with Crippen LogP contribution in [0, 0.1) is 0 Å². The van der Waals surface area contributed by atoms with E-state index in [1.165, 1.54) is 27.8 Å². The van der Waals surface area contributed by atoms with E-state index in [-0.39, 0.29) is 5.75 Å². The number of likely N-dealkylation sites (N-methyl/N-ethyl adjacent to an activating group) is 1. The molecule has 0 aliphatic heterocycles. The van der Waals surface area contributed by atoms with E-state index < -0.39 is 0 Å². The number of fused-ring (bicyclic) bond motifs is 1. The molecule has 0 amide bonds. The number of rotatable bonds is 6.